The maximum atomic E-state index is 13.1. The van der Waals surface area contributed by atoms with Gasteiger partial charge in [-0.2, -0.15) is 0 Å². The van der Waals surface area contributed by atoms with Crippen molar-refractivity contribution < 1.29 is 32.3 Å². The summed E-state index contributed by atoms with van der Waals surface area (Å²) in [7, 11) is 0. The molecule has 184 valence electrons. The van der Waals surface area contributed by atoms with Crippen LogP contribution in [0.25, 0.3) is 0 Å². The molecule has 0 aliphatic carbocycles. The lowest BCUT2D eigenvalue weighted by Gasteiger charge is -2.48. The summed E-state index contributed by atoms with van der Waals surface area (Å²) in [5.74, 6) is -0.505. The highest BCUT2D eigenvalue weighted by Gasteiger charge is 2.46. The van der Waals surface area contributed by atoms with Gasteiger partial charge in [0.2, 0.25) is 12.3 Å². The molecule has 2 fully saturated rings. The zero-order chi connectivity index (χ0) is 24.9. The van der Waals surface area contributed by atoms with Crippen molar-refractivity contribution in [3.8, 4) is 0 Å². The molecule has 2 heterocycles. The van der Waals surface area contributed by atoms with Gasteiger partial charge in [0.1, 0.15) is 17.2 Å². The summed E-state index contributed by atoms with van der Waals surface area (Å²) in [5.41, 5.74) is -1.26. The molecule has 4 rings (SSSR count). The van der Waals surface area contributed by atoms with Crippen LogP contribution in [0.3, 0.4) is 0 Å². The van der Waals surface area contributed by atoms with Crippen LogP contribution in [0.4, 0.5) is 17.6 Å². The van der Waals surface area contributed by atoms with Crippen molar-refractivity contribution in [2.75, 3.05) is 19.6 Å². The fourth-order valence-electron chi connectivity index (χ4n) is 4.62. The molecule has 1 spiro atoms. The van der Waals surface area contributed by atoms with E-state index < -0.39 is 17.8 Å². The van der Waals surface area contributed by atoms with Crippen LogP contribution >= 0.6 is 0 Å². The lowest BCUT2D eigenvalue weighted by atomic mass is 9.62. The Morgan fingerprint density at radius 1 is 1.06 bits per heavy atom. The standard InChI is InChI=1S/C16H19FN2O2.C9H9F3O/c17-13-3-1-12(2-4-13)14-10-18-15(21)9-16(14)5-7-19(11-20)8-6-16;1-9(13,8(11)12)6-2-4-7(10)5-3-6/h1-4,11,14H,5-10H2,(H,18,21);2-5,8,13H,1H3. The van der Waals surface area contributed by atoms with E-state index in [4.69, 9.17) is 0 Å². The number of nitrogens with one attached hydrogen (secondary N) is 1. The predicted molar refractivity (Wildman–Crippen MR) is 118 cm³/mol. The third kappa shape index (κ3) is 5.75. The molecule has 5 nitrogen and oxygen atoms in total. The van der Waals surface area contributed by atoms with Crippen molar-refractivity contribution in [1.29, 1.82) is 0 Å². The topological polar surface area (TPSA) is 69.6 Å². The van der Waals surface area contributed by atoms with Gasteiger partial charge in [-0.25, -0.2) is 17.6 Å². The molecule has 2 aliphatic heterocycles. The quantitative estimate of drug-likeness (QED) is 0.514. The van der Waals surface area contributed by atoms with Crippen LogP contribution in [0.15, 0.2) is 48.5 Å². The van der Waals surface area contributed by atoms with Crippen LogP contribution in [-0.4, -0.2) is 48.4 Å². The number of alkyl halides is 2. The van der Waals surface area contributed by atoms with Crippen molar-refractivity contribution in [3.63, 3.8) is 0 Å². The Balaban J connectivity index is 0.000000215. The Bertz CT molecular complexity index is 973. The second-order valence-electron chi connectivity index (χ2n) is 9.04. The Morgan fingerprint density at radius 3 is 2.09 bits per heavy atom. The van der Waals surface area contributed by atoms with Crippen LogP contribution in [-0.2, 0) is 15.2 Å². The van der Waals surface area contributed by atoms with Gasteiger partial charge in [0.05, 0.1) is 0 Å². The van der Waals surface area contributed by atoms with Gasteiger partial charge < -0.3 is 15.3 Å². The van der Waals surface area contributed by atoms with Gasteiger partial charge in [-0.3, -0.25) is 9.59 Å². The summed E-state index contributed by atoms with van der Waals surface area (Å²) in [4.78, 5) is 24.5. The summed E-state index contributed by atoms with van der Waals surface area (Å²) in [6.07, 6.45) is 0.116. The average Bonchev–Trinajstić information content (AvgIpc) is 2.81. The van der Waals surface area contributed by atoms with Gasteiger partial charge in [-0.05, 0) is 60.6 Å². The highest BCUT2D eigenvalue weighted by Crippen LogP contribution is 2.48. The zero-order valence-corrected chi connectivity index (χ0v) is 18.8. The fraction of sp³-hybridized carbons (Fsp3) is 0.440. The van der Waals surface area contributed by atoms with Crippen LogP contribution in [0, 0.1) is 17.0 Å². The number of piperidine rings is 2. The van der Waals surface area contributed by atoms with E-state index in [0.717, 1.165) is 56.0 Å². The van der Waals surface area contributed by atoms with Crippen molar-refractivity contribution in [2.45, 2.75) is 44.1 Å². The smallest absolute Gasteiger partial charge is 0.270 e. The van der Waals surface area contributed by atoms with E-state index in [9.17, 15) is 32.3 Å². The highest BCUT2D eigenvalue weighted by molar-refractivity contribution is 5.78. The molecule has 9 heteroatoms. The Kier molecular flexibility index (Phi) is 7.97. The molecule has 34 heavy (non-hydrogen) atoms. The van der Waals surface area contributed by atoms with E-state index in [1.54, 1.807) is 4.90 Å². The number of benzene rings is 2. The summed E-state index contributed by atoms with van der Waals surface area (Å²) < 4.78 is 50.0. The van der Waals surface area contributed by atoms with E-state index in [0.29, 0.717) is 26.1 Å². The monoisotopic (exact) mass is 480 g/mol. The van der Waals surface area contributed by atoms with Gasteiger partial charge >= 0.3 is 0 Å². The van der Waals surface area contributed by atoms with Crippen LogP contribution in [0.1, 0.15) is 43.2 Å². The first-order valence-electron chi connectivity index (χ1n) is 11.1. The maximum Gasteiger partial charge on any atom is 0.270 e. The predicted octanol–water partition coefficient (Wildman–Crippen LogP) is 3.97. The number of rotatable bonds is 4. The van der Waals surface area contributed by atoms with Crippen LogP contribution in [0.2, 0.25) is 0 Å². The molecule has 0 saturated carbocycles. The molecule has 2 atom stereocenters. The Labute approximate surface area is 195 Å². The Morgan fingerprint density at radius 2 is 1.59 bits per heavy atom. The number of hydrogen-bond acceptors (Lipinski definition) is 3. The van der Waals surface area contributed by atoms with Gasteiger partial charge in [-0.1, -0.05) is 24.3 Å². The zero-order valence-electron chi connectivity index (χ0n) is 18.8. The summed E-state index contributed by atoms with van der Waals surface area (Å²) >= 11 is 0. The number of likely N-dealkylation sites (tertiary alicyclic amines) is 1. The SMILES string of the molecule is CC(O)(c1ccc(F)cc1)C(F)F.O=CN1CCC2(CC1)CC(=O)NCC2c1ccc(F)cc1. The molecular weight excluding hydrogens is 452 g/mol. The molecule has 2 aliphatic rings. The summed E-state index contributed by atoms with van der Waals surface area (Å²) in [5, 5.41) is 12.2. The Hall–Kier alpha value is -2.94. The number of carbonyl (C=O) groups is 2. The van der Waals surface area contributed by atoms with E-state index in [2.05, 4.69) is 5.32 Å². The highest BCUT2D eigenvalue weighted by atomic mass is 19.3. The van der Waals surface area contributed by atoms with E-state index in [1.807, 2.05) is 12.1 Å². The largest absolute Gasteiger partial charge is 0.379 e. The number of carbonyl (C=O) groups excluding carboxylic acids is 2. The first-order chi connectivity index (χ1) is 16.1. The van der Waals surface area contributed by atoms with Gasteiger partial charge in [0.25, 0.3) is 6.43 Å². The molecule has 2 amide bonds. The molecular formula is C25H28F4N2O3. The molecule has 2 saturated heterocycles. The van der Waals surface area contributed by atoms with E-state index >= 15 is 0 Å². The molecule has 0 radical (unpaired) electrons. The second kappa shape index (κ2) is 10.5. The van der Waals surface area contributed by atoms with E-state index in [-0.39, 0.29) is 28.6 Å². The molecule has 0 bridgehead atoms. The minimum Gasteiger partial charge on any atom is -0.379 e. The van der Waals surface area contributed by atoms with Crippen molar-refractivity contribution in [1.82, 2.24) is 10.2 Å². The minimum absolute atomic E-state index is 0.00361. The van der Waals surface area contributed by atoms with Crippen LogP contribution < -0.4 is 5.32 Å². The van der Waals surface area contributed by atoms with Gasteiger partial charge in [0, 0.05) is 32.0 Å². The molecule has 2 aromatic carbocycles. The lowest BCUT2D eigenvalue weighted by Crippen LogP contribution is -2.51. The maximum absolute atomic E-state index is 13.1. The number of hydrogen-bond donors (Lipinski definition) is 2. The third-order valence-electron chi connectivity index (χ3n) is 6.82. The summed E-state index contributed by atoms with van der Waals surface area (Å²) in [6, 6.07) is 10.9. The molecule has 2 unspecified atom stereocenters. The first-order valence-corrected chi connectivity index (χ1v) is 11.1. The molecule has 2 aromatic rings. The van der Waals surface area contributed by atoms with Gasteiger partial charge in [-0.15, -0.1) is 0 Å². The summed E-state index contributed by atoms with van der Waals surface area (Å²) in [6.45, 7) is 2.96. The third-order valence-corrected chi connectivity index (χ3v) is 6.82. The number of nitrogens with zero attached hydrogens (tertiary/aromatic N) is 1. The number of aliphatic hydroxyl groups is 1. The number of amides is 2. The first kappa shape index (κ1) is 25.7. The van der Waals surface area contributed by atoms with Crippen molar-refractivity contribution in [2.24, 2.45) is 5.41 Å². The molecule has 0 aromatic heterocycles. The van der Waals surface area contributed by atoms with Gasteiger partial charge in [0.15, 0.2) is 0 Å². The van der Waals surface area contributed by atoms with Crippen molar-refractivity contribution in [3.05, 3.63) is 71.3 Å². The fourth-order valence-corrected chi connectivity index (χ4v) is 4.62. The number of halogens is 4. The second-order valence-corrected chi connectivity index (χ2v) is 9.04. The minimum atomic E-state index is -2.89. The van der Waals surface area contributed by atoms with Crippen molar-refractivity contribution >= 4 is 12.3 Å². The molecule has 2 N–H and O–H groups in total. The lowest BCUT2D eigenvalue weighted by molar-refractivity contribution is -0.129. The normalized spacial score (nSPS) is 21.3. The van der Waals surface area contributed by atoms with Crippen LogP contribution in [0.5, 0.6) is 0 Å². The average molecular weight is 481 g/mol. The van der Waals surface area contributed by atoms with E-state index in [1.165, 1.54) is 12.1 Å².